The van der Waals surface area contributed by atoms with Crippen molar-refractivity contribution in [2.75, 3.05) is 13.7 Å². The molecule has 2 aliphatic rings. The number of aromatic nitrogens is 1. The van der Waals surface area contributed by atoms with Gasteiger partial charge in [0.25, 0.3) is 0 Å². The quantitative estimate of drug-likeness (QED) is 0.636. The van der Waals surface area contributed by atoms with Crippen LogP contribution >= 0.6 is 0 Å². The molecule has 1 aromatic heterocycles. The Balaban J connectivity index is 2.04. The molecule has 2 bridgehead atoms. The lowest BCUT2D eigenvalue weighted by atomic mass is 9.64. The largest absolute Gasteiger partial charge is 0.465 e. The SMILES string of the molecule is CCOC(=O)[C@]12CC[C@H](OC)[C@H](Cc3cn(C)c4cccc1c34)C2=O. The average molecular weight is 341 g/mol. The van der Waals surface area contributed by atoms with Gasteiger partial charge in [-0.2, -0.15) is 0 Å². The second kappa shape index (κ2) is 5.70. The van der Waals surface area contributed by atoms with Crippen LogP contribution in [0.4, 0.5) is 0 Å². The van der Waals surface area contributed by atoms with E-state index in [-0.39, 0.29) is 24.4 Å². The number of carbonyl (C=O) groups excluding carboxylic acids is 2. The number of esters is 1. The van der Waals surface area contributed by atoms with Crippen molar-refractivity contribution < 1.29 is 19.1 Å². The summed E-state index contributed by atoms with van der Waals surface area (Å²) in [4.78, 5) is 26.6. The number of hydrogen-bond acceptors (Lipinski definition) is 4. The molecule has 1 heterocycles. The molecule has 2 aliphatic carbocycles. The molecule has 5 heteroatoms. The molecule has 1 aromatic carbocycles. The molecule has 0 saturated heterocycles. The van der Waals surface area contributed by atoms with Crippen molar-refractivity contribution in [3.63, 3.8) is 0 Å². The molecule has 4 rings (SSSR count). The van der Waals surface area contributed by atoms with Crippen LogP contribution in [-0.4, -0.2) is 36.1 Å². The Morgan fingerprint density at radius 3 is 2.92 bits per heavy atom. The topological polar surface area (TPSA) is 57.5 Å². The van der Waals surface area contributed by atoms with E-state index in [1.807, 2.05) is 25.2 Å². The van der Waals surface area contributed by atoms with Gasteiger partial charge < -0.3 is 14.0 Å². The van der Waals surface area contributed by atoms with E-state index in [2.05, 4.69) is 10.8 Å². The van der Waals surface area contributed by atoms with Gasteiger partial charge in [-0.25, -0.2) is 0 Å². The summed E-state index contributed by atoms with van der Waals surface area (Å²) >= 11 is 0. The molecule has 132 valence electrons. The van der Waals surface area contributed by atoms with Crippen LogP contribution in [0.5, 0.6) is 0 Å². The minimum Gasteiger partial charge on any atom is -0.465 e. The number of nitrogens with zero attached hydrogens (tertiary/aromatic N) is 1. The molecule has 3 atom stereocenters. The Kier molecular flexibility index (Phi) is 3.72. The highest BCUT2D eigenvalue weighted by molar-refractivity contribution is 6.15. The number of ether oxygens (including phenoxy) is 2. The molecule has 1 saturated carbocycles. The number of aryl methyl sites for hydroxylation is 1. The summed E-state index contributed by atoms with van der Waals surface area (Å²) < 4.78 is 13.1. The van der Waals surface area contributed by atoms with E-state index in [0.717, 1.165) is 22.0 Å². The number of Topliss-reactive ketones (excluding diaryl/α,β-unsaturated/α-hetero) is 1. The zero-order valence-electron chi connectivity index (χ0n) is 14.9. The number of methoxy groups -OCH3 is 1. The normalized spacial score (nSPS) is 28.0. The number of rotatable bonds is 3. The summed E-state index contributed by atoms with van der Waals surface area (Å²) in [5.74, 6) is -0.777. The molecule has 0 unspecified atom stereocenters. The third-order valence-electron chi connectivity index (χ3n) is 5.93. The summed E-state index contributed by atoms with van der Waals surface area (Å²) in [6.07, 6.45) is 3.64. The average Bonchev–Trinajstić information content (AvgIpc) is 2.90. The van der Waals surface area contributed by atoms with E-state index >= 15 is 0 Å². The maximum Gasteiger partial charge on any atom is 0.324 e. The van der Waals surface area contributed by atoms with Gasteiger partial charge in [-0.05, 0) is 43.4 Å². The van der Waals surface area contributed by atoms with Crippen LogP contribution < -0.4 is 0 Å². The zero-order chi connectivity index (χ0) is 17.8. The molecule has 5 nitrogen and oxygen atoms in total. The minimum atomic E-state index is -1.21. The van der Waals surface area contributed by atoms with Crippen molar-refractivity contribution >= 4 is 22.7 Å². The predicted octanol–water partition coefficient (Wildman–Crippen LogP) is 2.53. The second-order valence-electron chi connectivity index (χ2n) is 7.08. The van der Waals surface area contributed by atoms with Crippen LogP contribution in [-0.2, 0) is 37.9 Å². The molecule has 1 fully saturated rings. The van der Waals surface area contributed by atoms with Crippen LogP contribution in [0, 0.1) is 5.92 Å². The van der Waals surface area contributed by atoms with E-state index < -0.39 is 11.4 Å². The van der Waals surface area contributed by atoms with Crippen LogP contribution in [0.1, 0.15) is 30.9 Å². The summed E-state index contributed by atoms with van der Waals surface area (Å²) in [7, 11) is 3.65. The molecule has 0 amide bonds. The van der Waals surface area contributed by atoms with Gasteiger partial charge in [0.05, 0.1) is 12.7 Å². The van der Waals surface area contributed by atoms with Gasteiger partial charge in [-0.1, -0.05) is 12.1 Å². The highest BCUT2D eigenvalue weighted by Crippen LogP contribution is 2.48. The van der Waals surface area contributed by atoms with Gasteiger partial charge in [0.1, 0.15) is 0 Å². The monoisotopic (exact) mass is 341 g/mol. The maximum absolute atomic E-state index is 13.5. The van der Waals surface area contributed by atoms with E-state index in [4.69, 9.17) is 9.47 Å². The van der Waals surface area contributed by atoms with Crippen LogP contribution in [0.15, 0.2) is 24.4 Å². The molecular weight excluding hydrogens is 318 g/mol. The molecule has 2 aromatic rings. The van der Waals surface area contributed by atoms with Crippen molar-refractivity contribution in [1.82, 2.24) is 4.57 Å². The third kappa shape index (κ3) is 2.05. The number of ketones is 1. The number of benzene rings is 1. The van der Waals surface area contributed by atoms with Crippen LogP contribution in [0.2, 0.25) is 0 Å². The first kappa shape index (κ1) is 16.3. The van der Waals surface area contributed by atoms with Gasteiger partial charge in [0.15, 0.2) is 11.2 Å². The molecule has 0 spiro atoms. The first-order valence-electron chi connectivity index (χ1n) is 8.86. The number of carbonyl (C=O) groups is 2. The number of fused-ring (bicyclic) bond motifs is 3. The lowest BCUT2D eigenvalue weighted by molar-refractivity contribution is -0.160. The van der Waals surface area contributed by atoms with Gasteiger partial charge >= 0.3 is 5.97 Å². The Morgan fingerprint density at radius 2 is 2.20 bits per heavy atom. The fourth-order valence-electron chi connectivity index (χ4n) is 4.80. The third-order valence-corrected chi connectivity index (χ3v) is 5.93. The first-order valence-corrected chi connectivity index (χ1v) is 8.86. The van der Waals surface area contributed by atoms with Gasteiger partial charge in [-0.15, -0.1) is 0 Å². The molecule has 0 N–H and O–H groups in total. The zero-order valence-corrected chi connectivity index (χ0v) is 14.9. The molecule has 25 heavy (non-hydrogen) atoms. The summed E-state index contributed by atoms with van der Waals surface area (Å²) in [5.41, 5.74) is 1.76. The fourth-order valence-corrected chi connectivity index (χ4v) is 4.80. The standard InChI is InChI=1S/C20H23NO4/c1-4-25-19(23)20-9-8-16(24-3)13(18(20)22)10-12-11-21(2)15-7-5-6-14(20)17(12)15/h5-7,11,13,16H,4,8-10H2,1-3H3/t13-,16-,20+/m0/s1. The van der Waals surface area contributed by atoms with Crippen molar-refractivity contribution in [1.29, 1.82) is 0 Å². The van der Waals surface area contributed by atoms with E-state index in [1.54, 1.807) is 14.0 Å². The highest BCUT2D eigenvalue weighted by atomic mass is 16.5. The molecule has 0 radical (unpaired) electrons. The Hall–Kier alpha value is -2.14. The van der Waals surface area contributed by atoms with Crippen molar-refractivity contribution in [2.45, 2.75) is 37.7 Å². The fraction of sp³-hybridized carbons (Fsp3) is 0.500. The van der Waals surface area contributed by atoms with Crippen LogP contribution in [0.25, 0.3) is 10.9 Å². The lowest BCUT2D eigenvalue weighted by Gasteiger charge is -2.40. The molecular formula is C20H23NO4. The number of hydrogen-bond donors (Lipinski definition) is 0. The van der Waals surface area contributed by atoms with E-state index in [1.165, 1.54) is 0 Å². The van der Waals surface area contributed by atoms with Gasteiger partial charge in [0.2, 0.25) is 0 Å². The Labute approximate surface area is 146 Å². The summed E-state index contributed by atoms with van der Waals surface area (Å²) in [6.45, 7) is 2.05. The van der Waals surface area contributed by atoms with Crippen molar-refractivity contribution in [3.05, 3.63) is 35.5 Å². The van der Waals surface area contributed by atoms with Crippen molar-refractivity contribution in [2.24, 2.45) is 13.0 Å². The summed E-state index contributed by atoms with van der Waals surface area (Å²) in [5, 5.41) is 1.03. The minimum absolute atomic E-state index is 0.0459. The smallest absolute Gasteiger partial charge is 0.324 e. The first-order chi connectivity index (χ1) is 12.0. The van der Waals surface area contributed by atoms with E-state index in [9.17, 15) is 9.59 Å². The highest BCUT2D eigenvalue weighted by Gasteiger charge is 2.57. The maximum atomic E-state index is 13.5. The van der Waals surface area contributed by atoms with Crippen molar-refractivity contribution in [3.8, 4) is 0 Å². The van der Waals surface area contributed by atoms with Gasteiger partial charge in [-0.3, -0.25) is 9.59 Å². The Morgan fingerprint density at radius 1 is 1.40 bits per heavy atom. The van der Waals surface area contributed by atoms with E-state index in [0.29, 0.717) is 19.3 Å². The van der Waals surface area contributed by atoms with Gasteiger partial charge in [0, 0.05) is 37.2 Å². The van der Waals surface area contributed by atoms with Crippen LogP contribution in [0.3, 0.4) is 0 Å². The Bertz CT molecular complexity index is 868. The lowest BCUT2D eigenvalue weighted by Crippen LogP contribution is -2.54. The second-order valence-corrected chi connectivity index (χ2v) is 7.08. The molecule has 0 aliphatic heterocycles. The summed E-state index contributed by atoms with van der Waals surface area (Å²) in [6, 6.07) is 5.89. The predicted molar refractivity (Wildman–Crippen MR) is 93.5 cm³/mol.